The van der Waals surface area contributed by atoms with Crippen LogP contribution in [0.1, 0.15) is 29.8 Å². The summed E-state index contributed by atoms with van der Waals surface area (Å²) >= 11 is 0. The van der Waals surface area contributed by atoms with Gasteiger partial charge >= 0.3 is 11.9 Å². The third-order valence-electron chi connectivity index (χ3n) is 2.18. The predicted molar refractivity (Wildman–Crippen MR) is 59.1 cm³/mol. The minimum atomic E-state index is -1.71. The molecule has 1 aromatic rings. The second kappa shape index (κ2) is 4.97. The first kappa shape index (κ1) is 13.2. The Balaban J connectivity index is 2.94. The van der Waals surface area contributed by atoms with Crippen LogP contribution in [0.2, 0.25) is 0 Å². The van der Waals surface area contributed by atoms with Crippen molar-refractivity contribution in [1.82, 2.24) is 0 Å². The van der Waals surface area contributed by atoms with Crippen LogP contribution in [0.15, 0.2) is 24.3 Å². The SMILES string of the molecule is COC(=O)c1ccc(C(C)(O)OC(C)=O)cc1. The summed E-state index contributed by atoms with van der Waals surface area (Å²) in [6.45, 7) is 2.55. The van der Waals surface area contributed by atoms with Gasteiger partial charge in [-0.25, -0.2) is 4.79 Å². The lowest BCUT2D eigenvalue weighted by Crippen LogP contribution is -2.27. The van der Waals surface area contributed by atoms with Gasteiger partial charge in [0.2, 0.25) is 5.79 Å². The molecular formula is C12H14O5. The van der Waals surface area contributed by atoms with Crippen LogP contribution in [0, 0.1) is 0 Å². The molecule has 0 heterocycles. The molecule has 0 saturated heterocycles. The van der Waals surface area contributed by atoms with Crippen molar-refractivity contribution in [2.24, 2.45) is 0 Å². The van der Waals surface area contributed by atoms with Gasteiger partial charge in [-0.1, -0.05) is 12.1 Å². The molecule has 1 atom stereocenters. The first-order chi connectivity index (χ1) is 7.86. The molecule has 0 aliphatic carbocycles. The van der Waals surface area contributed by atoms with Crippen LogP contribution in [-0.2, 0) is 20.1 Å². The molecule has 0 aliphatic rings. The smallest absolute Gasteiger partial charge is 0.337 e. The molecule has 92 valence electrons. The Labute approximate surface area is 99.0 Å². The fraction of sp³-hybridized carbons (Fsp3) is 0.333. The summed E-state index contributed by atoms with van der Waals surface area (Å²) in [6.07, 6.45) is 0. The molecule has 0 fully saturated rings. The average molecular weight is 238 g/mol. The lowest BCUT2D eigenvalue weighted by Gasteiger charge is -2.23. The lowest BCUT2D eigenvalue weighted by atomic mass is 10.1. The summed E-state index contributed by atoms with van der Waals surface area (Å²) in [6, 6.07) is 5.96. The molecule has 0 bridgehead atoms. The maximum Gasteiger partial charge on any atom is 0.337 e. The minimum absolute atomic E-state index is 0.356. The topological polar surface area (TPSA) is 72.8 Å². The third-order valence-corrected chi connectivity index (χ3v) is 2.18. The normalized spacial score (nSPS) is 13.6. The van der Waals surface area contributed by atoms with Gasteiger partial charge < -0.3 is 14.6 Å². The van der Waals surface area contributed by atoms with E-state index in [-0.39, 0.29) is 0 Å². The predicted octanol–water partition coefficient (Wildman–Crippen LogP) is 1.20. The molecule has 5 nitrogen and oxygen atoms in total. The average Bonchev–Trinajstić information content (AvgIpc) is 2.26. The van der Waals surface area contributed by atoms with Gasteiger partial charge in [0.1, 0.15) is 0 Å². The minimum Gasteiger partial charge on any atom is -0.465 e. The molecule has 1 N–H and O–H groups in total. The van der Waals surface area contributed by atoms with Crippen molar-refractivity contribution < 1.29 is 24.2 Å². The van der Waals surface area contributed by atoms with Crippen LogP contribution in [0.4, 0.5) is 0 Å². The molecule has 0 saturated carbocycles. The number of ether oxygens (including phenoxy) is 2. The molecule has 0 radical (unpaired) electrons. The van der Waals surface area contributed by atoms with E-state index in [2.05, 4.69) is 4.74 Å². The monoisotopic (exact) mass is 238 g/mol. The number of hydrogen-bond acceptors (Lipinski definition) is 5. The van der Waals surface area contributed by atoms with Gasteiger partial charge in [0, 0.05) is 19.4 Å². The van der Waals surface area contributed by atoms with Crippen molar-refractivity contribution in [3.05, 3.63) is 35.4 Å². The van der Waals surface area contributed by atoms with E-state index in [1.807, 2.05) is 0 Å². The second-order valence-electron chi connectivity index (χ2n) is 3.65. The summed E-state index contributed by atoms with van der Waals surface area (Å²) < 4.78 is 9.29. The van der Waals surface area contributed by atoms with Gasteiger partial charge in [-0.2, -0.15) is 0 Å². The summed E-state index contributed by atoms with van der Waals surface area (Å²) in [5.41, 5.74) is 0.732. The maximum atomic E-state index is 11.2. The van der Waals surface area contributed by atoms with Crippen molar-refractivity contribution in [2.75, 3.05) is 7.11 Å². The van der Waals surface area contributed by atoms with Gasteiger partial charge in [0.15, 0.2) is 0 Å². The summed E-state index contributed by atoms with van der Waals surface area (Å²) in [7, 11) is 1.28. The molecule has 1 unspecified atom stereocenters. The first-order valence-corrected chi connectivity index (χ1v) is 4.97. The van der Waals surface area contributed by atoms with Gasteiger partial charge in [0.25, 0.3) is 0 Å². The number of benzene rings is 1. The Hall–Kier alpha value is -1.88. The zero-order valence-corrected chi connectivity index (χ0v) is 9.89. The van der Waals surface area contributed by atoms with E-state index in [4.69, 9.17) is 4.74 Å². The molecular weight excluding hydrogens is 224 g/mol. The second-order valence-corrected chi connectivity index (χ2v) is 3.65. The van der Waals surface area contributed by atoms with Gasteiger partial charge in [-0.05, 0) is 12.1 Å². The van der Waals surface area contributed by atoms with E-state index < -0.39 is 17.7 Å². The Kier molecular flexibility index (Phi) is 3.85. The van der Waals surface area contributed by atoms with Crippen molar-refractivity contribution in [3.8, 4) is 0 Å². The number of methoxy groups -OCH3 is 1. The Morgan fingerprint density at radius 3 is 2.18 bits per heavy atom. The van der Waals surface area contributed by atoms with E-state index >= 15 is 0 Å². The van der Waals surface area contributed by atoms with Crippen molar-refractivity contribution >= 4 is 11.9 Å². The largest absolute Gasteiger partial charge is 0.465 e. The highest BCUT2D eigenvalue weighted by atomic mass is 16.7. The number of hydrogen-bond donors (Lipinski definition) is 1. The fourth-order valence-corrected chi connectivity index (χ4v) is 1.37. The van der Waals surface area contributed by atoms with Crippen LogP contribution < -0.4 is 0 Å². The molecule has 1 rings (SSSR count). The molecule has 17 heavy (non-hydrogen) atoms. The van der Waals surface area contributed by atoms with Crippen molar-refractivity contribution in [1.29, 1.82) is 0 Å². The quantitative estimate of drug-likeness (QED) is 0.632. The number of esters is 2. The van der Waals surface area contributed by atoms with Crippen LogP contribution in [0.5, 0.6) is 0 Å². The highest BCUT2D eigenvalue weighted by Gasteiger charge is 2.26. The zero-order valence-electron chi connectivity index (χ0n) is 9.89. The molecule has 1 aromatic carbocycles. The summed E-state index contributed by atoms with van der Waals surface area (Å²) in [5, 5.41) is 9.88. The molecule has 0 aromatic heterocycles. The van der Waals surface area contributed by atoms with Gasteiger partial charge in [-0.15, -0.1) is 0 Å². The summed E-state index contributed by atoms with van der Waals surface area (Å²) in [5.74, 6) is -2.77. The number of carbonyl (C=O) groups excluding carboxylic acids is 2. The molecule has 0 aliphatic heterocycles. The highest BCUT2D eigenvalue weighted by Crippen LogP contribution is 2.22. The summed E-state index contributed by atoms with van der Waals surface area (Å²) in [4.78, 5) is 22.0. The van der Waals surface area contributed by atoms with Crippen molar-refractivity contribution in [2.45, 2.75) is 19.6 Å². The number of aliphatic hydroxyl groups is 1. The van der Waals surface area contributed by atoms with E-state index in [9.17, 15) is 14.7 Å². The first-order valence-electron chi connectivity index (χ1n) is 4.97. The van der Waals surface area contributed by atoms with Crippen LogP contribution >= 0.6 is 0 Å². The third kappa shape index (κ3) is 3.29. The number of carbonyl (C=O) groups is 2. The van der Waals surface area contributed by atoms with Crippen molar-refractivity contribution in [3.63, 3.8) is 0 Å². The van der Waals surface area contributed by atoms with Crippen LogP contribution in [0.25, 0.3) is 0 Å². The van der Waals surface area contributed by atoms with Crippen LogP contribution in [0.3, 0.4) is 0 Å². The van der Waals surface area contributed by atoms with E-state index in [1.165, 1.54) is 45.2 Å². The van der Waals surface area contributed by atoms with E-state index in [0.717, 1.165) is 0 Å². The Morgan fingerprint density at radius 1 is 1.24 bits per heavy atom. The van der Waals surface area contributed by atoms with E-state index in [0.29, 0.717) is 11.1 Å². The Morgan fingerprint density at radius 2 is 1.76 bits per heavy atom. The van der Waals surface area contributed by atoms with Gasteiger partial charge in [-0.3, -0.25) is 4.79 Å². The molecule has 0 amide bonds. The molecule has 0 spiro atoms. The maximum absolute atomic E-state index is 11.2. The molecule has 5 heteroatoms. The highest BCUT2D eigenvalue weighted by molar-refractivity contribution is 5.89. The van der Waals surface area contributed by atoms with E-state index in [1.54, 1.807) is 0 Å². The van der Waals surface area contributed by atoms with Crippen LogP contribution in [-0.4, -0.2) is 24.2 Å². The lowest BCUT2D eigenvalue weighted by molar-refractivity contribution is -0.204. The Bertz CT molecular complexity index is 419. The standard InChI is InChI=1S/C12H14O5/c1-8(13)17-12(2,15)10-6-4-9(5-7-10)11(14)16-3/h4-7,15H,1-3H3. The zero-order chi connectivity index (χ0) is 13.1. The fourth-order valence-electron chi connectivity index (χ4n) is 1.37. The number of rotatable bonds is 3. The van der Waals surface area contributed by atoms with Gasteiger partial charge in [0.05, 0.1) is 12.7 Å².